The zero-order chi connectivity index (χ0) is 25.8. The van der Waals surface area contributed by atoms with Crippen molar-refractivity contribution in [3.63, 3.8) is 0 Å². The molecule has 7 nitrogen and oxygen atoms in total. The molecule has 3 aromatic rings. The first kappa shape index (κ1) is 24.8. The normalized spacial score (nSPS) is 18.4. The molecule has 0 bridgehead atoms. The molecule has 2 aliphatic rings. The number of para-hydroxylation sites is 1. The van der Waals surface area contributed by atoms with Gasteiger partial charge in [-0.3, -0.25) is 4.79 Å². The van der Waals surface area contributed by atoms with Crippen molar-refractivity contribution >= 4 is 42.2 Å². The van der Waals surface area contributed by atoms with Crippen LogP contribution in [0.4, 0.5) is 0 Å². The van der Waals surface area contributed by atoms with E-state index in [1.54, 1.807) is 24.5 Å². The van der Waals surface area contributed by atoms with Gasteiger partial charge in [0.2, 0.25) is 0 Å². The van der Waals surface area contributed by atoms with Gasteiger partial charge in [-0.05, 0) is 42.8 Å². The molecule has 2 aromatic heterocycles. The quantitative estimate of drug-likeness (QED) is 0.230. The molecule has 0 saturated heterocycles. The molecule has 0 radical (unpaired) electrons. The van der Waals surface area contributed by atoms with Crippen LogP contribution in [0.2, 0.25) is 19.1 Å². The lowest BCUT2D eigenvalue weighted by molar-refractivity contribution is -0.172. The number of hydrogen-bond donors (Lipinski definition) is 1. The van der Waals surface area contributed by atoms with Gasteiger partial charge in [0.05, 0.1) is 43.3 Å². The maximum absolute atomic E-state index is 13.6. The summed E-state index contributed by atoms with van der Waals surface area (Å²) in [5, 5.41) is 12.8. The number of pyridine rings is 2. The van der Waals surface area contributed by atoms with Crippen molar-refractivity contribution in [1.29, 1.82) is 0 Å². The Bertz CT molecular complexity index is 1480. The molecule has 1 N–H and O–H groups in total. The van der Waals surface area contributed by atoms with Crippen molar-refractivity contribution in [1.82, 2.24) is 9.55 Å². The molecule has 2 aliphatic heterocycles. The van der Waals surface area contributed by atoms with Crippen molar-refractivity contribution in [2.75, 3.05) is 6.23 Å². The lowest BCUT2D eigenvalue weighted by Crippen LogP contribution is -2.44. The molecule has 0 spiro atoms. The van der Waals surface area contributed by atoms with E-state index in [9.17, 15) is 14.7 Å². The summed E-state index contributed by atoms with van der Waals surface area (Å²) in [6, 6.07) is 10.8. The van der Waals surface area contributed by atoms with E-state index >= 15 is 0 Å². The number of rotatable bonds is 6. The van der Waals surface area contributed by atoms with E-state index in [0.717, 1.165) is 34.6 Å². The zero-order valence-electron chi connectivity index (χ0n) is 21.0. The first-order chi connectivity index (χ1) is 17.1. The Hall–Kier alpha value is -2.88. The highest BCUT2D eigenvalue weighted by Crippen LogP contribution is 2.40. The number of fused-ring (bicyclic) bond motifs is 5. The number of cyclic esters (lactones) is 1. The van der Waals surface area contributed by atoms with Crippen LogP contribution in [0.3, 0.4) is 0 Å². The van der Waals surface area contributed by atoms with E-state index in [-0.39, 0.29) is 18.6 Å². The Kier molecular flexibility index (Phi) is 6.13. The maximum atomic E-state index is 13.6. The van der Waals surface area contributed by atoms with Crippen molar-refractivity contribution in [3.8, 4) is 11.4 Å². The summed E-state index contributed by atoms with van der Waals surface area (Å²) in [6.45, 7) is 8.37. The zero-order valence-corrected chi connectivity index (χ0v) is 22.8. The van der Waals surface area contributed by atoms with Crippen molar-refractivity contribution in [2.24, 2.45) is 0 Å². The number of nitrogens with zero attached hydrogens (tertiary/aromatic N) is 2. The molecule has 0 fully saturated rings. The first-order valence-electron chi connectivity index (χ1n) is 12.3. The van der Waals surface area contributed by atoms with Gasteiger partial charge < -0.3 is 19.1 Å². The number of carbonyl (C=O) groups excluding carboxylic acids is 1. The van der Waals surface area contributed by atoms with Crippen molar-refractivity contribution < 1.29 is 19.4 Å². The van der Waals surface area contributed by atoms with E-state index < -0.39 is 19.6 Å². The van der Waals surface area contributed by atoms with E-state index in [1.807, 2.05) is 18.2 Å². The van der Waals surface area contributed by atoms with Gasteiger partial charge in [-0.1, -0.05) is 44.3 Å². The van der Waals surface area contributed by atoms with Crippen LogP contribution < -0.4 is 5.56 Å². The minimum absolute atomic E-state index is 0.119. The number of aryl methyl sites for hydroxylation is 1. The second-order valence-corrected chi connectivity index (χ2v) is 16.2. The molecule has 0 saturated carbocycles. The molecular formula is C27H30N2O5SSi. The van der Waals surface area contributed by atoms with Gasteiger partial charge in [0.15, 0.2) is 10.7 Å². The van der Waals surface area contributed by atoms with Gasteiger partial charge >= 0.3 is 5.97 Å². The Balaban J connectivity index is 1.64. The Morgan fingerprint density at radius 3 is 2.75 bits per heavy atom. The topological polar surface area (TPSA) is 90.7 Å². The summed E-state index contributed by atoms with van der Waals surface area (Å²) in [4.78, 5) is 31.0. The molecule has 1 aromatic carbocycles. The number of esters is 1. The number of benzene rings is 1. The van der Waals surface area contributed by atoms with Crippen LogP contribution in [0.25, 0.3) is 22.3 Å². The highest BCUT2D eigenvalue weighted by molar-refractivity contribution is 7.80. The van der Waals surface area contributed by atoms with E-state index in [1.165, 1.54) is 5.56 Å². The maximum Gasteiger partial charge on any atom is 0.343 e. The predicted molar refractivity (Wildman–Crippen MR) is 145 cm³/mol. The van der Waals surface area contributed by atoms with Gasteiger partial charge in [0, 0.05) is 23.4 Å². The molecule has 188 valence electrons. The van der Waals surface area contributed by atoms with Gasteiger partial charge in [-0.25, -0.2) is 9.78 Å². The van der Waals surface area contributed by atoms with Crippen molar-refractivity contribution in [3.05, 3.63) is 62.9 Å². The largest absolute Gasteiger partial charge is 0.491 e. The van der Waals surface area contributed by atoms with Crippen LogP contribution in [0.1, 0.15) is 42.5 Å². The summed E-state index contributed by atoms with van der Waals surface area (Å²) < 4.78 is 12.6. The summed E-state index contributed by atoms with van der Waals surface area (Å²) in [6.07, 6.45) is 1.63. The first-order valence-corrected chi connectivity index (χ1v) is 16.1. The summed E-state index contributed by atoms with van der Waals surface area (Å²) in [5.41, 5.74) is 3.05. The highest BCUT2D eigenvalue weighted by Gasteiger charge is 2.45. The summed E-state index contributed by atoms with van der Waals surface area (Å²) in [5.74, 6) is -0.715. The van der Waals surface area contributed by atoms with E-state index in [2.05, 4.69) is 19.2 Å². The van der Waals surface area contributed by atoms with Crippen molar-refractivity contribution in [2.45, 2.75) is 64.6 Å². The molecular weight excluding hydrogens is 492 g/mol. The van der Waals surface area contributed by atoms with E-state index in [4.69, 9.17) is 26.7 Å². The molecule has 0 amide bonds. The fourth-order valence-corrected chi connectivity index (χ4v) is 7.07. The number of aliphatic hydroxyl groups is 1. The molecule has 9 heteroatoms. The molecule has 5 rings (SSSR count). The SMILES string of the molecule is CC[C@@]1(O)C(=O)OCc2c1cc1n(c2=O)Cc2c-1nc1ccccc1c2CC[Si](C)(C)COC(C)=S. The fraction of sp³-hybridized carbons (Fsp3) is 0.407. The predicted octanol–water partition coefficient (Wildman–Crippen LogP) is 4.23. The van der Waals surface area contributed by atoms with E-state index in [0.29, 0.717) is 34.6 Å². The van der Waals surface area contributed by atoms with Gasteiger partial charge in [-0.15, -0.1) is 0 Å². The second kappa shape index (κ2) is 8.90. The van der Waals surface area contributed by atoms with Crippen LogP contribution in [-0.4, -0.2) is 40.0 Å². The van der Waals surface area contributed by atoms with Gasteiger partial charge in [-0.2, -0.15) is 0 Å². The monoisotopic (exact) mass is 522 g/mol. The standard InChI is InChI=1S/C27H30N2O5SSi/c1-5-27(32)21-12-23-24-19(13-29(23)25(30)20(21)14-33-26(27)31)17(18-8-6-7-9-22(18)28-24)10-11-36(3,4)15-34-16(2)35/h6-9,12,32H,5,10-11,13-15H2,1-4H3/t27-/m0/s1. The molecule has 4 heterocycles. The third kappa shape index (κ3) is 3.99. The van der Waals surface area contributed by atoms with Crippen LogP contribution in [0, 0.1) is 0 Å². The average Bonchev–Trinajstić information content (AvgIpc) is 3.22. The smallest absolute Gasteiger partial charge is 0.343 e. The Morgan fingerprint density at radius 2 is 2.03 bits per heavy atom. The number of carbonyl (C=O) groups is 1. The average molecular weight is 523 g/mol. The fourth-order valence-electron chi connectivity index (χ4n) is 5.23. The second-order valence-electron chi connectivity index (χ2n) is 10.5. The molecule has 1 atom stereocenters. The van der Waals surface area contributed by atoms with Crippen LogP contribution in [0.15, 0.2) is 35.1 Å². The van der Waals surface area contributed by atoms with Crippen LogP contribution in [-0.2, 0) is 39.4 Å². The number of thiocarbonyl (C=S) groups is 1. The molecule has 0 aliphatic carbocycles. The Labute approximate surface area is 216 Å². The van der Waals surface area contributed by atoms with Crippen LogP contribution >= 0.6 is 12.2 Å². The number of ether oxygens (including phenoxy) is 2. The number of hydrogen-bond acceptors (Lipinski definition) is 7. The van der Waals surface area contributed by atoms with Gasteiger partial charge in [0.1, 0.15) is 6.61 Å². The number of aromatic nitrogens is 2. The van der Waals surface area contributed by atoms with Crippen LogP contribution in [0.5, 0.6) is 0 Å². The summed E-state index contributed by atoms with van der Waals surface area (Å²) >= 11 is 5.11. The van der Waals surface area contributed by atoms with Gasteiger partial charge in [0.25, 0.3) is 5.56 Å². The third-order valence-electron chi connectivity index (χ3n) is 7.43. The highest BCUT2D eigenvalue weighted by atomic mass is 32.1. The molecule has 36 heavy (non-hydrogen) atoms. The summed E-state index contributed by atoms with van der Waals surface area (Å²) in [7, 11) is -1.70. The lowest BCUT2D eigenvalue weighted by Gasteiger charge is -2.31. The minimum Gasteiger partial charge on any atom is -0.491 e. The Morgan fingerprint density at radius 1 is 1.28 bits per heavy atom. The minimum atomic E-state index is -1.83. The third-order valence-corrected chi connectivity index (χ3v) is 10.1. The lowest BCUT2D eigenvalue weighted by atomic mass is 9.86. The molecule has 0 unspecified atom stereocenters.